The van der Waals surface area contributed by atoms with E-state index in [1.165, 1.54) is 11.6 Å². The number of nitro groups is 1. The lowest BCUT2D eigenvalue weighted by Gasteiger charge is -2.20. The summed E-state index contributed by atoms with van der Waals surface area (Å²) in [6.45, 7) is 5.52. The topological polar surface area (TPSA) is 74.4 Å². The minimum absolute atomic E-state index is 0.0467. The molecule has 0 radical (unpaired) electrons. The van der Waals surface area contributed by atoms with E-state index in [2.05, 4.69) is 6.07 Å². The Kier molecular flexibility index (Phi) is 4.15. The van der Waals surface area contributed by atoms with E-state index in [1.54, 1.807) is 22.8 Å². The standard InChI is InChI=1S/C25H22N2O4/c1-25(2,3)31-24(28)26-20-10-6-7-15-11-12-16-13-17(14-21(26)23(16)22(15)20)18-8-4-5-9-19(18)27(29)30/h4-10,13-14H,11-12H2,1-3H3. The third-order valence-corrected chi connectivity index (χ3v) is 5.71. The molecule has 0 fully saturated rings. The maximum Gasteiger partial charge on any atom is 0.419 e. The van der Waals surface area contributed by atoms with E-state index in [9.17, 15) is 14.9 Å². The van der Waals surface area contributed by atoms with Gasteiger partial charge in [-0.15, -0.1) is 0 Å². The fraction of sp³-hybridized carbons (Fsp3) is 0.240. The highest BCUT2D eigenvalue weighted by Crippen LogP contribution is 2.42. The van der Waals surface area contributed by atoms with E-state index in [4.69, 9.17) is 4.74 Å². The van der Waals surface area contributed by atoms with Crippen LogP contribution in [0.25, 0.3) is 32.9 Å². The van der Waals surface area contributed by atoms with Crippen molar-refractivity contribution in [2.45, 2.75) is 39.2 Å². The van der Waals surface area contributed by atoms with Gasteiger partial charge in [0.05, 0.1) is 21.5 Å². The number of nitro benzene ring substituents is 1. The Hall–Kier alpha value is -3.67. The van der Waals surface area contributed by atoms with E-state index < -0.39 is 11.7 Å². The van der Waals surface area contributed by atoms with Gasteiger partial charge >= 0.3 is 6.09 Å². The molecule has 6 nitrogen and oxygen atoms in total. The van der Waals surface area contributed by atoms with Crippen molar-refractivity contribution in [1.29, 1.82) is 0 Å². The van der Waals surface area contributed by atoms with Gasteiger partial charge in [0.25, 0.3) is 5.69 Å². The summed E-state index contributed by atoms with van der Waals surface area (Å²) in [4.78, 5) is 24.5. The van der Waals surface area contributed by atoms with Crippen molar-refractivity contribution in [3.05, 3.63) is 75.8 Å². The summed E-state index contributed by atoms with van der Waals surface area (Å²) < 4.78 is 7.34. The molecular formula is C25H22N2O4. The fourth-order valence-corrected chi connectivity index (χ4v) is 4.55. The van der Waals surface area contributed by atoms with E-state index in [1.807, 2.05) is 45.0 Å². The maximum atomic E-state index is 13.2. The number of hydrogen-bond acceptors (Lipinski definition) is 4. The Morgan fingerprint density at radius 2 is 1.68 bits per heavy atom. The minimum atomic E-state index is -0.642. The zero-order chi connectivity index (χ0) is 21.9. The smallest absolute Gasteiger partial charge is 0.419 e. The number of carbonyl (C=O) groups is 1. The van der Waals surface area contributed by atoms with Gasteiger partial charge in [-0.1, -0.05) is 30.3 Å². The average molecular weight is 414 g/mol. The first-order chi connectivity index (χ1) is 14.7. The summed E-state index contributed by atoms with van der Waals surface area (Å²) in [5.74, 6) is 0. The van der Waals surface area contributed by atoms with Crippen molar-refractivity contribution in [3.63, 3.8) is 0 Å². The molecular weight excluding hydrogens is 392 g/mol. The largest absolute Gasteiger partial charge is 0.443 e. The van der Waals surface area contributed by atoms with Gasteiger partial charge in [-0.3, -0.25) is 10.1 Å². The number of carbonyl (C=O) groups excluding carboxylic acids is 1. The summed E-state index contributed by atoms with van der Waals surface area (Å²) in [7, 11) is 0. The molecule has 156 valence electrons. The SMILES string of the molecule is CC(C)(C)OC(=O)n1c2cccc3c2c2c(cc(-c4ccccc4[N+](=O)[O-])cc21)CC3. The van der Waals surface area contributed by atoms with Crippen molar-refractivity contribution < 1.29 is 14.5 Å². The van der Waals surface area contributed by atoms with Crippen LogP contribution in [0.3, 0.4) is 0 Å². The van der Waals surface area contributed by atoms with Crippen molar-refractivity contribution in [2.24, 2.45) is 0 Å². The Balaban J connectivity index is 1.86. The summed E-state index contributed by atoms with van der Waals surface area (Å²) in [6.07, 6.45) is 1.23. The molecule has 0 bridgehead atoms. The normalized spacial score (nSPS) is 13.1. The monoisotopic (exact) mass is 414 g/mol. The molecule has 1 aliphatic carbocycles. The summed E-state index contributed by atoms with van der Waals surface area (Å²) in [5, 5.41) is 13.7. The van der Waals surface area contributed by atoms with Gasteiger partial charge in [-0.2, -0.15) is 0 Å². The quantitative estimate of drug-likeness (QED) is 0.287. The van der Waals surface area contributed by atoms with Crippen LogP contribution in [0.2, 0.25) is 0 Å². The van der Waals surface area contributed by atoms with Crippen LogP contribution >= 0.6 is 0 Å². The number of ether oxygens (including phenoxy) is 1. The molecule has 0 amide bonds. The molecule has 0 N–H and O–H groups in total. The Morgan fingerprint density at radius 1 is 0.968 bits per heavy atom. The number of aromatic nitrogens is 1. The van der Waals surface area contributed by atoms with E-state index in [-0.39, 0.29) is 10.6 Å². The molecule has 0 aliphatic heterocycles. The lowest BCUT2D eigenvalue weighted by Crippen LogP contribution is -2.27. The second kappa shape index (κ2) is 6.67. The van der Waals surface area contributed by atoms with Crippen molar-refractivity contribution >= 4 is 33.6 Å². The lowest BCUT2D eigenvalue weighted by molar-refractivity contribution is -0.384. The first kappa shape index (κ1) is 19.3. The van der Waals surface area contributed by atoms with Gasteiger partial charge in [-0.25, -0.2) is 9.36 Å². The number of para-hydroxylation sites is 1. The molecule has 1 heterocycles. The van der Waals surface area contributed by atoms with Crippen LogP contribution in [0, 0.1) is 10.1 Å². The molecule has 1 aliphatic rings. The van der Waals surface area contributed by atoms with Gasteiger partial charge in [0.15, 0.2) is 0 Å². The maximum absolute atomic E-state index is 13.2. The van der Waals surface area contributed by atoms with Gasteiger partial charge in [0, 0.05) is 16.8 Å². The highest BCUT2D eigenvalue weighted by molar-refractivity contribution is 6.16. The Morgan fingerprint density at radius 3 is 2.42 bits per heavy atom. The molecule has 6 heteroatoms. The predicted molar refractivity (Wildman–Crippen MR) is 121 cm³/mol. The first-order valence-electron chi connectivity index (χ1n) is 10.3. The third kappa shape index (κ3) is 3.06. The van der Waals surface area contributed by atoms with Crippen LogP contribution in [0.15, 0.2) is 54.6 Å². The predicted octanol–water partition coefficient (Wildman–Crippen LogP) is 6.25. The highest BCUT2D eigenvalue weighted by atomic mass is 16.6. The third-order valence-electron chi connectivity index (χ3n) is 5.71. The second-order valence-corrected chi connectivity index (χ2v) is 8.93. The molecule has 0 saturated heterocycles. The van der Waals surface area contributed by atoms with E-state index >= 15 is 0 Å². The highest BCUT2D eigenvalue weighted by Gasteiger charge is 2.27. The number of rotatable bonds is 2. The number of nitrogens with zero attached hydrogens (tertiary/aromatic N) is 2. The number of benzene rings is 3. The number of hydrogen-bond donors (Lipinski definition) is 0. The van der Waals surface area contributed by atoms with Crippen LogP contribution in [-0.2, 0) is 17.6 Å². The van der Waals surface area contributed by atoms with Crippen LogP contribution in [0.5, 0.6) is 0 Å². The Labute approximate surface area is 179 Å². The lowest BCUT2D eigenvalue weighted by atomic mass is 9.88. The second-order valence-electron chi connectivity index (χ2n) is 8.93. The summed E-state index contributed by atoms with van der Waals surface area (Å²) in [6, 6.07) is 16.6. The Bertz CT molecular complexity index is 1390. The molecule has 0 unspecified atom stereocenters. The van der Waals surface area contributed by atoms with Crippen LogP contribution in [0.4, 0.5) is 10.5 Å². The van der Waals surface area contributed by atoms with Gasteiger partial charge in [-0.05, 0) is 68.5 Å². The molecule has 5 rings (SSSR count). The molecule has 3 aromatic carbocycles. The summed E-state index contributed by atoms with van der Waals surface area (Å²) >= 11 is 0. The first-order valence-corrected chi connectivity index (χ1v) is 10.3. The molecule has 0 atom stereocenters. The summed E-state index contributed by atoms with van der Waals surface area (Å²) in [5.41, 5.74) is 4.50. The van der Waals surface area contributed by atoms with Crippen LogP contribution in [0.1, 0.15) is 31.9 Å². The van der Waals surface area contributed by atoms with Crippen LogP contribution < -0.4 is 0 Å². The van der Waals surface area contributed by atoms with Gasteiger partial charge in [0.1, 0.15) is 5.60 Å². The van der Waals surface area contributed by atoms with Crippen molar-refractivity contribution in [2.75, 3.05) is 0 Å². The van der Waals surface area contributed by atoms with Gasteiger partial charge in [0.2, 0.25) is 0 Å². The minimum Gasteiger partial charge on any atom is -0.443 e. The van der Waals surface area contributed by atoms with Crippen LogP contribution in [-0.4, -0.2) is 21.2 Å². The van der Waals surface area contributed by atoms with E-state index in [0.717, 1.165) is 45.8 Å². The van der Waals surface area contributed by atoms with Gasteiger partial charge < -0.3 is 4.74 Å². The zero-order valence-electron chi connectivity index (χ0n) is 17.6. The molecule has 1 aromatic heterocycles. The molecule has 0 spiro atoms. The molecule has 0 saturated carbocycles. The number of aryl methyl sites for hydroxylation is 2. The van der Waals surface area contributed by atoms with E-state index in [0.29, 0.717) is 5.56 Å². The molecule has 31 heavy (non-hydrogen) atoms. The zero-order valence-corrected chi connectivity index (χ0v) is 17.6. The average Bonchev–Trinajstić information content (AvgIpc) is 3.06. The van der Waals surface area contributed by atoms with Crippen molar-refractivity contribution in [3.8, 4) is 11.1 Å². The molecule has 4 aromatic rings. The fourth-order valence-electron chi connectivity index (χ4n) is 4.55. The van der Waals surface area contributed by atoms with Crippen molar-refractivity contribution in [1.82, 2.24) is 4.57 Å².